The van der Waals surface area contributed by atoms with E-state index in [1.807, 2.05) is 6.07 Å². The fourth-order valence-electron chi connectivity index (χ4n) is 2.04. The van der Waals surface area contributed by atoms with Crippen LogP contribution in [0.15, 0.2) is 24.3 Å². The number of rotatable bonds is 5. The molecule has 2 nitrogen and oxygen atoms in total. The zero-order valence-corrected chi connectivity index (χ0v) is 9.49. The molecule has 0 aliphatic heterocycles. The number of hydrogen-bond donors (Lipinski definition) is 1. The monoisotopic (exact) mass is 205 g/mol. The second-order valence-corrected chi connectivity index (χ2v) is 4.15. The van der Waals surface area contributed by atoms with E-state index in [1.54, 1.807) is 7.11 Å². The minimum absolute atomic E-state index is 0.519. The van der Waals surface area contributed by atoms with Crippen molar-refractivity contribution in [3.05, 3.63) is 29.8 Å². The lowest BCUT2D eigenvalue weighted by Gasteiger charge is -2.18. The Labute approximate surface area is 91.6 Å². The quantitative estimate of drug-likeness (QED) is 0.798. The zero-order chi connectivity index (χ0) is 10.7. The number of nitrogens with one attached hydrogen (secondary N) is 1. The van der Waals surface area contributed by atoms with Gasteiger partial charge in [0.05, 0.1) is 7.11 Å². The third-order valence-corrected chi connectivity index (χ3v) is 2.97. The maximum Gasteiger partial charge on any atom is 0.119 e. The highest BCUT2D eigenvalue weighted by Gasteiger charge is 2.31. The van der Waals surface area contributed by atoms with Gasteiger partial charge in [0.25, 0.3) is 0 Å². The van der Waals surface area contributed by atoms with E-state index in [9.17, 15) is 0 Å². The van der Waals surface area contributed by atoms with Gasteiger partial charge in [-0.1, -0.05) is 19.1 Å². The molecule has 1 N–H and O–H groups in total. The third-order valence-electron chi connectivity index (χ3n) is 2.97. The molecule has 82 valence electrons. The van der Waals surface area contributed by atoms with Gasteiger partial charge in [-0.15, -0.1) is 0 Å². The molecule has 15 heavy (non-hydrogen) atoms. The Balaban J connectivity index is 2.16. The van der Waals surface area contributed by atoms with Crippen LogP contribution >= 0.6 is 0 Å². The van der Waals surface area contributed by atoms with E-state index in [4.69, 9.17) is 4.74 Å². The molecule has 1 atom stereocenters. The van der Waals surface area contributed by atoms with Gasteiger partial charge in [0.15, 0.2) is 0 Å². The molecular formula is C13H19NO. The summed E-state index contributed by atoms with van der Waals surface area (Å²) in [5.74, 6) is 1.79. The van der Waals surface area contributed by atoms with Crippen LogP contribution in [0.5, 0.6) is 5.75 Å². The van der Waals surface area contributed by atoms with E-state index in [0.29, 0.717) is 6.04 Å². The number of benzene rings is 1. The number of ether oxygens (including phenoxy) is 1. The highest BCUT2D eigenvalue weighted by atomic mass is 16.5. The van der Waals surface area contributed by atoms with Gasteiger partial charge in [0.2, 0.25) is 0 Å². The van der Waals surface area contributed by atoms with Crippen LogP contribution < -0.4 is 10.1 Å². The maximum absolute atomic E-state index is 5.26. The van der Waals surface area contributed by atoms with E-state index in [2.05, 4.69) is 30.4 Å². The van der Waals surface area contributed by atoms with Crippen LogP contribution in [-0.2, 0) is 0 Å². The first kappa shape index (κ1) is 10.5. The lowest BCUT2D eigenvalue weighted by molar-refractivity contribution is 0.412. The fraction of sp³-hybridized carbons (Fsp3) is 0.538. The second-order valence-electron chi connectivity index (χ2n) is 4.15. The van der Waals surface area contributed by atoms with Gasteiger partial charge in [0.1, 0.15) is 5.75 Å². The summed E-state index contributed by atoms with van der Waals surface area (Å²) in [5, 5.41) is 3.56. The highest BCUT2D eigenvalue weighted by Crippen LogP contribution is 2.41. The molecule has 0 bridgehead atoms. The minimum Gasteiger partial charge on any atom is -0.497 e. The van der Waals surface area contributed by atoms with Crippen molar-refractivity contribution < 1.29 is 4.74 Å². The van der Waals surface area contributed by atoms with Crippen LogP contribution in [0.2, 0.25) is 0 Å². The normalized spacial score (nSPS) is 17.5. The second kappa shape index (κ2) is 4.67. The molecule has 0 aromatic heterocycles. The molecule has 0 amide bonds. The van der Waals surface area contributed by atoms with Crippen LogP contribution in [0.25, 0.3) is 0 Å². The molecule has 2 rings (SSSR count). The summed E-state index contributed by atoms with van der Waals surface area (Å²) in [4.78, 5) is 0. The van der Waals surface area contributed by atoms with Crippen molar-refractivity contribution in [1.82, 2.24) is 5.32 Å². The Morgan fingerprint density at radius 1 is 1.47 bits per heavy atom. The Hall–Kier alpha value is -1.02. The van der Waals surface area contributed by atoms with Crippen molar-refractivity contribution in [1.29, 1.82) is 0 Å². The van der Waals surface area contributed by atoms with E-state index >= 15 is 0 Å². The lowest BCUT2D eigenvalue weighted by Crippen LogP contribution is -2.22. The summed E-state index contributed by atoms with van der Waals surface area (Å²) in [7, 11) is 1.72. The first-order chi connectivity index (χ1) is 7.35. The first-order valence-corrected chi connectivity index (χ1v) is 5.72. The minimum atomic E-state index is 0.519. The van der Waals surface area contributed by atoms with Gasteiger partial charge < -0.3 is 10.1 Å². The SMILES string of the molecule is CCNC(c1cccc(OC)c1)C1CC1. The predicted octanol–water partition coefficient (Wildman–Crippen LogP) is 2.76. The molecule has 1 unspecified atom stereocenters. The molecule has 1 aromatic carbocycles. The largest absolute Gasteiger partial charge is 0.497 e. The Kier molecular flexibility index (Phi) is 3.27. The van der Waals surface area contributed by atoms with Crippen LogP contribution in [0.1, 0.15) is 31.4 Å². The van der Waals surface area contributed by atoms with Crippen LogP contribution in [0.4, 0.5) is 0 Å². The van der Waals surface area contributed by atoms with Crippen LogP contribution in [0, 0.1) is 5.92 Å². The summed E-state index contributed by atoms with van der Waals surface area (Å²) < 4.78 is 5.26. The topological polar surface area (TPSA) is 21.3 Å². The van der Waals surface area contributed by atoms with Gasteiger partial charge >= 0.3 is 0 Å². The van der Waals surface area contributed by atoms with Crippen molar-refractivity contribution in [2.75, 3.05) is 13.7 Å². The van der Waals surface area contributed by atoms with Crippen molar-refractivity contribution >= 4 is 0 Å². The Bertz CT molecular complexity index is 320. The van der Waals surface area contributed by atoms with Gasteiger partial charge in [-0.3, -0.25) is 0 Å². The smallest absolute Gasteiger partial charge is 0.119 e. The average molecular weight is 205 g/mol. The summed E-state index contributed by atoms with van der Waals surface area (Å²) in [6.07, 6.45) is 2.71. The van der Waals surface area contributed by atoms with Gasteiger partial charge in [-0.25, -0.2) is 0 Å². The highest BCUT2D eigenvalue weighted by molar-refractivity contribution is 5.31. The predicted molar refractivity (Wildman–Crippen MR) is 62.1 cm³/mol. The molecular weight excluding hydrogens is 186 g/mol. The molecule has 1 aromatic rings. The van der Waals surface area contributed by atoms with Gasteiger partial charge in [0, 0.05) is 6.04 Å². The van der Waals surface area contributed by atoms with Gasteiger partial charge in [-0.2, -0.15) is 0 Å². The maximum atomic E-state index is 5.26. The molecule has 1 saturated carbocycles. The number of hydrogen-bond acceptors (Lipinski definition) is 2. The van der Waals surface area contributed by atoms with E-state index in [1.165, 1.54) is 18.4 Å². The third kappa shape index (κ3) is 2.51. The van der Waals surface area contributed by atoms with Crippen molar-refractivity contribution in [2.45, 2.75) is 25.8 Å². The van der Waals surface area contributed by atoms with Crippen molar-refractivity contribution in [2.24, 2.45) is 5.92 Å². The van der Waals surface area contributed by atoms with E-state index in [-0.39, 0.29) is 0 Å². The summed E-state index contributed by atoms with van der Waals surface area (Å²) in [5.41, 5.74) is 1.36. The average Bonchev–Trinajstić information content (AvgIpc) is 3.10. The molecule has 0 spiro atoms. The molecule has 2 heteroatoms. The van der Waals surface area contributed by atoms with E-state index < -0.39 is 0 Å². The van der Waals surface area contributed by atoms with Crippen molar-refractivity contribution in [3.63, 3.8) is 0 Å². The Morgan fingerprint density at radius 3 is 2.87 bits per heavy atom. The molecule has 0 heterocycles. The molecule has 0 radical (unpaired) electrons. The van der Waals surface area contributed by atoms with Crippen LogP contribution in [-0.4, -0.2) is 13.7 Å². The van der Waals surface area contributed by atoms with E-state index in [0.717, 1.165) is 18.2 Å². The molecule has 0 saturated heterocycles. The summed E-state index contributed by atoms with van der Waals surface area (Å²) in [6, 6.07) is 8.92. The number of methoxy groups -OCH3 is 1. The first-order valence-electron chi connectivity index (χ1n) is 5.72. The van der Waals surface area contributed by atoms with Crippen LogP contribution in [0.3, 0.4) is 0 Å². The van der Waals surface area contributed by atoms with Gasteiger partial charge in [-0.05, 0) is 43.0 Å². The summed E-state index contributed by atoms with van der Waals surface area (Å²) >= 11 is 0. The zero-order valence-electron chi connectivity index (χ0n) is 9.49. The van der Waals surface area contributed by atoms with Crippen molar-refractivity contribution in [3.8, 4) is 5.75 Å². The molecule has 1 aliphatic carbocycles. The Morgan fingerprint density at radius 2 is 2.27 bits per heavy atom. The molecule has 1 fully saturated rings. The standard InChI is InChI=1S/C13H19NO/c1-3-14-13(10-7-8-10)11-5-4-6-12(9-11)15-2/h4-6,9-10,13-14H,3,7-8H2,1-2H3. The molecule has 1 aliphatic rings. The fourth-order valence-corrected chi connectivity index (χ4v) is 2.04. The summed E-state index contributed by atoms with van der Waals surface area (Å²) in [6.45, 7) is 3.19. The lowest BCUT2D eigenvalue weighted by atomic mass is 10.0.